The molecule has 1 saturated heterocycles. The van der Waals surface area contributed by atoms with Gasteiger partial charge in [0.15, 0.2) is 0 Å². The molecule has 2 aliphatic rings. The maximum atomic E-state index is 12.2. The van der Waals surface area contributed by atoms with Gasteiger partial charge in [0, 0.05) is 16.6 Å². The molecule has 1 atom stereocenters. The molecule has 1 saturated carbocycles. The van der Waals surface area contributed by atoms with E-state index in [-0.39, 0.29) is 18.3 Å². The molecule has 0 radical (unpaired) electrons. The number of carbonyl (C=O) groups is 1. The lowest BCUT2D eigenvalue weighted by Gasteiger charge is -2.14. The largest absolute Gasteiger partial charge is 0.325 e. The third-order valence-electron chi connectivity index (χ3n) is 4.70. The van der Waals surface area contributed by atoms with Crippen LogP contribution in [0.3, 0.4) is 0 Å². The van der Waals surface area contributed by atoms with E-state index >= 15 is 0 Å². The quantitative estimate of drug-likeness (QED) is 0.791. The second-order valence-corrected chi connectivity index (χ2v) is 7.81. The molecule has 3 rings (SSSR count). The van der Waals surface area contributed by atoms with E-state index < -0.39 is 0 Å². The molecule has 2 N–H and O–H groups in total. The van der Waals surface area contributed by atoms with E-state index in [1.807, 2.05) is 23.9 Å². The molecule has 128 valence electrons. The molecule has 1 heterocycles. The third kappa shape index (κ3) is 5.70. The zero-order valence-corrected chi connectivity index (χ0v) is 15.2. The molecule has 3 nitrogen and oxygen atoms in total. The van der Waals surface area contributed by atoms with Gasteiger partial charge in [-0.15, -0.1) is 24.2 Å². The van der Waals surface area contributed by atoms with Gasteiger partial charge in [0.1, 0.15) is 0 Å². The fourth-order valence-corrected chi connectivity index (χ4v) is 4.70. The number of benzene rings is 1. The van der Waals surface area contributed by atoms with Gasteiger partial charge in [-0.2, -0.15) is 0 Å². The monoisotopic (exact) mass is 354 g/mol. The molecule has 5 heteroatoms. The van der Waals surface area contributed by atoms with Crippen molar-refractivity contribution < 1.29 is 4.79 Å². The number of nitrogens with one attached hydrogen (secondary N) is 2. The number of rotatable bonds is 6. The average Bonchev–Trinajstić information content (AvgIpc) is 3.20. The maximum Gasteiger partial charge on any atom is 0.224 e. The molecule has 1 aliphatic carbocycles. The Labute approximate surface area is 149 Å². The van der Waals surface area contributed by atoms with Crippen molar-refractivity contribution in [3.63, 3.8) is 0 Å². The molecule has 1 aromatic carbocycles. The second kappa shape index (κ2) is 9.55. The number of halogens is 1. The van der Waals surface area contributed by atoms with Crippen molar-refractivity contribution in [2.45, 2.75) is 55.1 Å². The summed E-state index contributed by atoms with van der Waals surface area (Å²) in [6, 6.07) is 8.25. The van der Waals surface area contributed by atoms with Crippen LogP contribution in [-0.4, -0.2) is 24.2 Å². The van der Waals surface area contributed by atoms with Crippen LogP contribution in [0.4, 0.5) is 5.69 Å². The Morgan fingerprint density at radius 1 is 1.22 bits per heavy atom. The van der Waals surface area contributed by atoms with Gasteiger partial charge in [-0.25, -0.2) is 0 Å². The first-order valence-electron chi connectivity index (χ1n) is 8.57. The Balaban J connectivity index is 0.00000192. The number of carbonyl (C=O) groups excluding carboxylic acids is 1. The number of hydrogen-bond donors (Lipinski definition) is 2. The van der Waals surface area contributed by atoms with E-state index in [0.717, 1.165) is 30.4 Å². The Kier molecular flexibility index (Phi) is 7.74. The minimum Gasteiger partial charge on any atom is -0.325 e. The van der Waals surface area contributed by atoms with Crippen LogP contribution in [0.1, 0.15) is 44.9 Å². The van der Waals surface area contributed by atoms with Crippen LogP contribution >= 0.6 is 24.2 Å². The van der Waals surface area contributed by atoms with Crippen molar-refractivity contribution in [1.29, 1.82) is 0 Å². The number of para-hydroxylation sites is 1. The van der Waals surface area contributed by atoms with Gasteiger partial charge in [0.25, 0.3) is 0 Å². The Morgan fingerprint density at radius 2 is 2.00 bits per heavy atom. The highest BCUT2D eigenvalue weighted by molar-refractivity contribution is 8.00. The van der Waals surface area contributed by atoms with E-state index in [2.05, 4.69) is 22.8 Å². The van der Waals surface area contributed by atoms with E-state index in [0.29, 0.717) is 12.3 Å². The highest BCUT2D eigenvalue weighted by Gasteiger charge is 2.19. The van der Waals surface area contributed by atoms with Crippen molar-refractivity contribution >= 4 is 35.8 Å². The molecule has 0 bridgehead atoms. The SMILES string of the molecule is Cl.O=C(CCC1CCNC1)Nc1ccccc1SC1CCCC1. The standard InChI is InChI=1S/C18H26N2OS.ClH/c21-18(10-9-14-11-12-19-13-14)20-16-7-3-4-8-17(16)22-15-5-1-2-6-15;/h3-4,7-8,14-15,19H,1-2,5-6,9-13H2,(H,20,21);1H. The van der Waals surface area contributed by atoms with Gasteiger partial charge in [-0.3, -0.25) is 4.79 Å². The van der Waals surface area contributed by atoms with Crippen molar-refractivity contribution in [2.24, 2.45) is 5.92 Å². The molecule has 1 amide bonds. The van der Waals surface area contributed by atoms with Gasteiger partial charge >= 0.3 is 0 Å². The van der Waals surface area contributed by atoms with Crippen molar-refractivity contribution in [2.75, 3.05) is 18.4 Å². The minimum atomic E-state index is 0. The summed E-state index contributed by atoms with van der Waals surface area (Å²) in [6.07, 6.45) is 8.15. The lowest BCUT2D eigenvalue weighted by Crippen LogP contribution is -2.15. The van der Waals surface area contributed by atoms with E-state index in [1.165, 1.54) is 37.0 Å². The van der Waals surface area contributed by atoms with Gasteiger partial charge < -0.3 is 10.6 Å². The Bertz CT molecular complexity index is 500. The first-order valence-corrected chi connectivity index (χ1v) is 9.45. The molecule has 1 aliphatic heterocycles. The van der Waals surface area contributed by atoms with Crippen LogP contribution in [0.5, 0.6) is 0 Å². The predicted molar refractivity (Wildman–Crippen MR) is 101 cm³/mol. The maximum absolute atomic E-state index is 12.2. The van der Waals surface area contributed by atoms with Crippen molar-refractivity contribution in [1.82, 2.24) is 5.32 Å². The van der Waals surface area contributed by atoms with Crippen LogP contribution in [-0.2, 0) is 4.79 Å². The Morgan fingerprint density at radius 3 is 2.74 bits per heavy atom. The highest BCUT2D eigenvalue weighted by Crippen LogP contribution is 2.38. The summed E-state index contributed by atoms with van der Waals surface area (Å²) < 4.78 is 0. The van der Waals surface area contributed by atoms with Crippen LogP contribution < -0.4 is 10.6 Å². The first-order chi connectivity index (χ1) is 10.8. The van der Waals surface area contributed by atoms with Gasteiger partial charge in [0.05, 0.1) is 5.69 Å². The predicted octanol–water partition coefficient (Wildman–Crippen LogP) is 4.47. The van der Waals surface area contributed by atoms with E-state index in [9.17, 15) is 4.79 Å². The molecule has 0 spiro atoms. The van der Waals surface area contributed by atoms with Gasteiger partial charge in [-0.1, -0.05) is 25.0 Å². The summed E-state index contributed by atoms with van der Waals surface area (Å²) in [7, 11) is 0. The molecule has 1 aromatic rings. The number of anilines is 1. The molecular weight excluding hydrogens is 328 g/mol. The highest BCUT2D eigenvalue weighted by atomic mass is 35.5. The first kappa shape index (κ1) is 18.6. The molecular formula is C18H27ClN2OS. The fraction of sp³-hybridized carbons (Fsp3) is 0.611. The average molecular weight is 355 g/mol. The van der Waals surface area contributed by atoms with Crippen LogP contribution in [0.15, 0.2) is 29.2 Å². The molecule has 1 unspecified atom stereocenters. The second-order valence-electron chi connectivity index (χ2n) is 6.47. The normalized spacial score (nSPS) is 21.1. The minimum absolute atomic E-state index is 0. The lowest BCUT2D eigenvalue weighted by molar-refractivity contribution is -0.116. The van der Waals surface area contributed by atoms with Gasteiger partial charge in [-0.05, 0) is 56.8 Å². The van der Waals surface area contributed by atoms with Crippen molar-refractivity contribution in [3.05, 3.63) is 24.3 Å². The van der Waals surface area contributed by atoms with Crippen LogP contribution in [0.2, 0.25) is 0 Å². The molecule has 0 aromatic heterocycles. The van der Waals surface area contributed by atoms with Crippen molar-refractivity contribution in [3.8, 4) is 0 Å². The summed E-state index contributed by atoms with van der Waals surface area (Å²) in [5.74, 6) is 0.834. The van der Waals surface area contributed by atoms with E-state index in [1.54, 1.807) is 0 Å². The molecule has 23 heavy (non-hydrogen) atoms. The molecule has 2 fully saturated rings. The zero-order chi connectivity index (χ0) is 15.2. The van der Waals surface area contributed by atoms with E-state index in [4.69, 9.17) is 0 Å². The lowest BCUT2D eigenvalue weighted by atomic mass is 10.0. The topological polar surface area (TPSA) is 41.1 Å². The zero-order valence-electron chi connectivity index (χ0n) is 13.6. The van der Waals surface area contributed by atoms with Gasteiger partial charge in [0.2, 0.25) is 5.91 Å². The van der Waals surface area contributed by atoms with Crippen LogP contribution in [0, 0.1) is 5.92 Å². The number of thioether (sulfide) groups is 1. The summed E-state index contributed by atoms with van der Waals surface area (Å²) >= 11 is 1.94. The van der Waals surface area contributed by atoms with Crippen LogP contribution in [0.25, 0.3) is 0 Å². The summed E-state index contributed by atoms with van der Waals surface area (Å²) in [5.41, 5.74) is 0.994. The summed E-state index contributed by atoms with van der Waals surface area (Å²) in [4.78, 5) is 13.4. The number of amides is 1. The number of hydrogen-bond acceptors (Lipinski definition) is 3. The summed E-state index contributed by atoms with van der Waals surface area (Å²) in [5, 5.41) is 7.21. The smallest absolute Gasteiger partial charge is 0.224 e. The third-order valence-corrected chi connectivity index (χ3v) is 6.11. The summed E-state index contributed by atoms with van der Waals surface area (Å²) in [6.45, 7) is 2.18. The Hall–Kier alpha value is -0.710. The fourth-order valence-electron chi connectivity index (χ4n) is 3.37.